The lowest BCUT2D eigenvalue weighted by atomic mass is 9.96. The molecule has 0 fully saturated rings. The molecule has 1 aromatic rings. The highest BCUT2D eigenvalue weighted by Gasteiger charge is 2.16. The van der Waals surface area contributed by atoms with E-state index in [0.29, 0.717) is 5.56 Å². The Morgan fingerprint density at radius 3 is 2.38 bits per heavy atom. The van der Waals surface area contributed by atoms with Gasteiger partial charge in [-0.15, -0.1) is 0 Å². The molecule has 0 aliphatic rings. The molecule has 0 bridgehead atoms. The molecule has 0 saturated carbocycles. The van der Waals surface area contributed by atoms with Crippen LogP contribution in [0.3, 0.4) is 0 Å². The topological polar surface area (TPSA) is 34.1 Å². The van der Waals surface area contributed by atoms with E-state index >= 15 is 0 Å². The molecule has 2 heteroatoms. The van der Waals surface area contributed by atoms with Crippen LogP contribution in [0, 0.1) is 19.8 Å². The molecule has 0 N–H and O–H groups in total. The van der Waals surface area contributed by atoms with E-state index in [-0.39, 0.29) is 23.9 Å². The second-order valence-electron chi connectivity index (χ2n) is 4.54. The van der Waals surface area contributed by atoms with Crippen LogP contribution >= 0.6 is 0 Å². The van der Waals surface area contributed by atoms with Crippen molar-refractivity contribution in [3.8, 4) is 0 Å². The quantitative estimate of drug-likeness (QED) is 0.575. The third kappa shape index (κ3) is 3.02. The molecule has 0 unspecified atom stereocenters. The van der Waals surface area contributed by atoms with E-state index in [0.717, 1.165) is 11.1 Å². The van der Waals surface area contributed by atoms with Gasteiger partial charge in [-0.2, -0.15) is 0 Å². The van der Waals surface area contributed by atoms with Crippen molar-refractivity contribution in [2.45, 2.75) is 34.1 Å². The van der Waals surface area contributed by atoms with Gasteiger partial charge in [0, 0.05) is 11.5 Å². The van der Waals surface area contributed by atoms with Gasteiger partial charge in [-0.3, -0.25) is 9.59 Å². The average Bonchev–Trinajstić information content (AvgIpc) is 2.21. The molecule has 0 atom stereocenters. The fourth-order valence-electron chi connectivity index (χ4n) is 1.49. The lowest BCUT2D eigenvalue weighted by Gasteiger charge is -2.07. The maximum atomic E-state index is 11.9. The molecule has 0 aliphatic heterocycles. The monoisotopic (exact) mass is 218 g/mol. The summed E-state index contributed by atoms with van der Waals surface area (Å²) >= 11 is 0. The van der Waals surface area contributed by atoms with Crippen LogP contribution in [0.25, 0.3) is 0 Å². The standard InChI is InChI=1S/C14H18O2/c1-9(2)13(15)8-14(16)12-7-10(3)5-6-11(12)4/h5-7,9H,8H2,1-4H3. The predicted molar refractivity (Wildman–Crippen MR) is 64.7 cm³/mol. The van der Waals surface area contributed by atoms with Crippen LogP contribution in [0.2, 0.25) is 0 Å². The molecule has 0 aromatic heterocycles. The number of carbonyl (C=O) groups is 2. The maximum Gasteiger partial charge on any atom is 0.170 e. The van der Waals surface area contributed by atoms with Crippen LogP contribution in [0.1, 0.15) is 41.8 Å². The minimum absolute atomic E-state index is 0.00547. The summed E-state index contributed by atoms with van der Waals surface area (Å²) in [6, 6.07) is 5.74. The predicted octanol–water partition coefficient (Wildman–Crippen LogP) is 3.10. The summed E-state index contributed by atoms with van der Waals surface area (Å²) in [7, 11) is 0. The smallest absolute Gasteiger partial charge is 0.170 e. The first-order valence-corrected chi connectivity index (χ1v) is 5.55. The van der Waals surface area contributed by atoms with Gasteiger partial charge >= 0.3 is 0 Å². The number of rotatable bonds is 4. The number of benzene rings is 1. The summed E-state index contributed by atoms with van der Waals surface area (Å²) in [5.74, 6) is -0.139. The fraction of sp³-hybridized carbons (Fsp3) is 0.429. The van der Waals surface area contributed by atoms with Crippen LogP contribution in [0.15, 0.2) is 18.2 Å². The summed E-state index contributed by atoms with van der Waals surface area (Å²) < 4.78 is 0. The molecule has 1 aromatic carbocycles. The Kier molecular flexibility index (Phi) is 3.99. The minimum Gasteiger partial charge on any atom is -0.299 e. The molecule has 0 spiro atoms. The molecule has 0 aliphatic carbocycles. The molecule has 0 saturated heterocycles. The van der Waals surface area contributed by atoms with E-state index in [2.05, 4.69) is 0 Å². The van der Waals surface area contributed by atoms with Gasteiger partial charge in [-0.1, -0.05) is 31.5 Å². The van der Waals surface area contributed by atoms with Gasteiger partial charge < -0.3 is 0 Å². The fourth-order valence-corrected chi connectivity index (χ4v) is 1.49. The van der Waals surface area contributed by atoms with Crippen LogP contribution in [0.4, 0.5) is 0 Å². The zero-order valence-electron chi connectivity index (χ0n) is 10.3. The Bertz CT molecular complexity index is 417. The van der Waals surface area contributed by atoms with Gasteiger partial charge in [0.2, 0.25) is 0 Å². The summed E-state index contributed by atoms with van der Waals surface area (Å²) in [6.45, 7) is 7.48. The lowest BCUT2D eigenvalue weighted by Crippen LogP contribution is -2.14. The molecule has 2 nitrogen and oxygen atoms in total. The number of ketones is 2. The van der Waals surface area contributed by atoms with Gasteiger partial charge in [-0.25, -0.2) is 0 Å². The summed E-state index contributed by atoms with van der Waals surface area (Å²) in [5.41, 5.74) is 2.66. The Hall–Kier alpha value is -1.44. The van der Waals surface area contributed by atoms with Crippen LogP contribution in [-0.2, 0) is 4.79 Å². The third-order valence-electron chi connectivity index (χ3n) is 2.67. The van der Waals surface area contributed by atoms with Crippen molar-refractivity contribution in [1.82, 2.24) is 0 Å². The number of aryl methyl sites for hydroxylation is 2. The summed E-state index contributed by atoms with van der Waals surface area (Å²) in [4.78, 5) is 23.4. The number of hydrogen-bond donors (Lipinski definition) is 0. The first-order valence-electron chi connectivity index (χ1n) is 5.55. The number of carbonyl (C=O) groups excluding carboxylic acids is 2. The second-order valence-corrected chi connectivity index (χ2v) is 4.54. The van der Waals surface area contributed by atoms with Crippen molar-refractivity contribution >= 4 is 11.6 Å². The molecule has 0 amide bonds. The van der Waals surface area contributed by atoms with E-state index in [1.807, 2.05) is 45.9 Å². The van der Waals surface area contributed by atoms with Crippen LogP contribution in [0.5, 0.6) is 0 Å². The highest BCUT2D eigenvalue weighted by Crippen LogP contribution is 2.14. The zero-order valence-corrected chi connectivity index (χ0v) is 10.3. The Labute approximate surface area is 96.7 Å². The Balaban J connectivity index is 2.88. The van der Waals surface area contributed by atoms with Gasteiger partial charge in [0.05, 0.1) is 6.42 Å². The third-order valence-corrected chi connectivity index (χ3v) is 2.67. The van der Waals surface area contributed by atoms with Crippen molar-refractivity contribution in [3.05, 3.63) is 34.9 Å². The molecule has 0 radical (unpaired) electrons. The number of Topliss-reactive ketones (excluding diaryl/α,β-unsaturated/α-hetero) is 2. The molecule has 16 heavy (non-hydrogen) atoms. The van der Waals surface area contributed by atoms with E-state index in [4.69, 9.17) is 0 Å². The first kappa shape index (κ1) is 12.6. The van der Waals surface area contributed by atoms with E-state index in [1.54, 1.807) is 0 Å². The Morgan fingerprint density at radius 2 is 1.81 bits per heavy atom. The van der Waals surface area contributed by atoms with Crippen LogP contribution < -0.4 is 0 Å². The summed E-state index contributed by atoms with van der Waals surface area (Å²) in [5, 5.41) is 0. The van der Waals surface area contributed by atoms with E-state index in [9.17, 15) is 9.59 Å². The lowest BCUT2D eigenvalue weighted by molar-refractivity contribution is -0.121. The summed E-state index contributed by atoms with van der Waals surface area (Å²) in [6.07, 6.45) is 0.0158. The van der Waals surface area contributed by atoms with Gasteiger partial charge in [-0.05, 0) is 25.5 Å². The van der Waals surface area contributed by atoms with E-state index < -0.39 is 0 Å². The maximum absolute atomic E-state index is 11.9. The first-order chi connectivity index (χ1) is 7.41. The molecular weight excluding hydrogens is 200 g/mol. The Morgan fingerprint density at radius 1 is 1.19 bits per heavy atom. The average molecular weight is 218 g/mol. The van der Waals surface area contributed by atoms with Crippen molar-refractivity contribution < 1.29 is 9.59 Å². The highest BCUT2D eigenvalue weighted by atomic mass is 16.1. The van der Waals surface area contributed by atoms with Crippen molar-refractivity contribution in [2.24, 2.45) is 5.92 Å². The van der Waals surface area contributed by atoms with Crippen molar-refractivity contribution in [3.63, 3.8) is 0 Å². The SMILES string of the molecule is Cc1ccc(C)c(C(=O)CC(=O)C(C)C)c1. The molecule has 0 heterocycles. The number of hydrogen-bond acceptors (Lipinski definition) is 2. The van der Waals surface area contributed by atoms with Crippen LogP contribution in [-0.4, -0.2) is 11.6 Å². The second kappa shape index (κ2) is 5.06. The normalized spacial score (nSPS) is 10.6. The molecule has 1 rings (SSSR count). The van der Waals surface area contributed by atoms with Gasteiger partial charge in [0.25, 0.3) is 0 Å². The zero-order chi connectivity index (χ0) is 12.3. The van der Waals surface area contributed by atoms with Gasteiger partial charge in [0.15, 0.2) is 5.78 Å². The van der Waals surface area contributed by atoms with Crippen molar-refractivity contribution in [1.29, 1.82) is 0 Å². The molecular formula is C14H18O2. The highest BCUT2D eigenvalue weighted by molar-refractivity contribution is 6.09. The van der Waals surface area contributed by atoms with Crippen molar-refractivity contribution in [2.75, 3.05) is 0 Å². The van der Waals surface area contributed by atoms with E-state index in [1.165, 1.54) is 0 Å². The minimum atomic E-state index is -0.0749. The largest absolute Gasteiger partial charge is 0.299 e. The molecule has 86 valence electrons. The van der Waals surface area contributed by atoms with Gasteiger partial charge in [0.1, 0.15) is 5.78 Å².